The molecule has 3 nitrogen and oxygen atoms in total. The number of likely N-dealkylation sites (tertiary alicyclic amines) is 1. The normalized spacial score (nSPS) is 20.6. The molecule has 17 heavy (non-hydrogen) atoms. The standard InChI is InChI=1S/C14H20N2O/c15-14(17)10-13-7-9-16(11-13)8-6-12-4-2-1-3-5-12/h1-5,13H,6-11H2,(H2,15,17). The maximum atomic E-state index is 10.8. The van der Waals surface area contributed by atoms with Crippen molar-refractivity contribution in [3.05, 3.63) is 35.9 Å². The van der Waals surface area contributed by atoms with Crippen LogP contribution in [-0.4, -0.2) is 30.4 Å². The molecule has 92 valence electrons. The average molecular weight is 232 g/mol. The average Bonchev–Trinajstić information content (AvgIpc) is 2.75. The third-order valence-electron chi connectivity index (χ3n) is 3.42. The minimum absolute atomic E-state index is 0.167. The second-order valence-corrected chi connectivity index (χ2v) is 4.86. The summed E-state index contributed by atoms with van der Waals surface area (Å²) in [6, 6.07) is 10.5. The van der Waals surface area contributed by atoms with Crippen LogP contribution in [0.15, 0.2) is 30.3 Å². The van der Waals surface area contributed by atoms with Crippen molar-refractivity contribution in [2.75, 3.05) is 19.6 Å². The fourth-order valence-electron chi connectivity index (χ4n) is 2.50. The zero-order valence-electron chi connectivity index (χ0n) is 10.1. The molecule has 1 aromatic rings. The van der Waals surface area contributed by atoms with Crippen molar-refractivity contribution in [2.24, 2.45) is 11.7 Å². The quantitative estimate of drug-likeness (QED) is 0.834. The molecule has 0 radical (unpaired) electrons. The molecule has 1 amide bonds. The summed E-state index contributed by atoms with van der Waals surface area (Å²) in [6.07, 6.45) is 2.74. The van der Waals surface area contributed by atoms with Crippen molar-refractivity contribution in [3.63, 3.8) is 0 Å². The van der Waals surface area contributed by atoms with Crippen LogP contribution in [0.4, 0.5) is 0 Å². The molecule has 1 aliphatic rings. The van der Waals surface area contributed by atoms with E-state index in [1.807, 2.05) is 6.07 Å². The van der Waals surface area contributed by atoms with Gasteiger partial charge in [-0.05, 0) is 30.9 Å². The number of amides is 1. The van der Waals surface area contributed by atoms with Crippen LogP contribution in [0.5, 0.6) is 0 Å². The summed E-state index contributed by atoms with van der Waals surface area (Å²) in [5.41, 5.74) is 6.61. The first-order valence-electron chi connectivity index (χ1n) is 6.28. The maximum absolute atomic E-state index is 10.8. The van der Waals surface area contributed by atoms with E-state index < -0.39 is 0 Å². The van der Waals surface area contributed by atoms with Crippen LogP contribution in [0.1, 0.15) is 18.4 Å². The van der Waals surface area contributed by atoms with Crippen LogP contribution >= 0.6 is 0 Å². The Morgan fingerprint density at radius 2 is 2.12 bits per heavy atom. The zero-order chi connectivity index (χ0) is 12.1. The summed E-state index contributed by atoms with van der Waals surface area (Å²) in [4.78, 5) is 13.3. The Labute approximate surface area is 103 Å². The maximum Gasteiger partial charge on any atom is 0.217 e. The summed E-state index contributed by atoms with van der Waals surface area (Å²) in [7, 11) is 0. The highest BCUT2D eigenvalue weighted by atomic mass is 16.1. The molecular weight excluding hydrogens is 212 g/mol. The largest absolute Gasteiger partial charge is 0.370 e. The van der Waals surface area contributed by atoms with Gasteiger partial charge in [0.15, 0.2) is 0 Å². The van der Waals surface area contributed by atoms with Gasteiger partial charge in [0.1, 0.15) is 0 Å². The SMILES string of the molecule is NC(=O)CC1CCN(CCc2ccccc2)C1. The Morgan fingerprint density at radius 1 is 1.35 bits per heavy atom. The number of nitrogens with zero attached hydrogens (tertiary/aromatic N) is 1. The molecular formula is C14H20N2O. The van der Waals surface area contributed by atoms with Crippen LogP contribution in [0.2, 0.25) is 0 Å². The van der Waals surface area contributed by atoms with Gasteiger partial charge < -0.3 is 10.6 Å². The summed E-state index contributed by atoms with van der Waals surface area (Å²) >= 11 is 0. The molecule has 1 heterocycles. The monoisotopic (exact) mass is 232 g/mol. The number of nitrogens with two attached hydrogens (primary N) is 1. The van der Waals surface area contributed by atoms with E-state index in [0.29, 0.717) is 12.3 Å². The molecule has 1 saturated heterocycles. The van der Waals surface area contributed by atoms with E-state index in [2.05, 4.69) is 29.2 Å². The van der Waals surface area contributed by atoms with Crippen LogP contribution in [0, 0.1) is 5.92 Å². The Morgan fingerprint density at radius 3 is 2.82 bits per heavy atom. The second-order valence-electron chi connectivity index (χ2n) is 4.86. The molecule has 0 aliphatic carbocycles. The third kappa shape index (κ3) is 3.86. The van der Waals surface area contributed by atoms with E-state index in [4.69, 9.17) is 5.73 Å². The highest BCUT2D eigenvalue weighted by Gasteiger charge is 2.23. The molecule has 0 aromatic heterocycles. The highest BCUT2D eigenvalue weighted by molar-refractivity contribution is 5.74. The predicted octanol–water partition coefficient (Wildman–Crippen LogP) is 1.43. The van der Waals surface area contributed by atoms with Crippen molar-refractivity contribution in [2.45, 2.75) is 19.3 Å². The molecule has 1 fully saturated rings. The molecule has 0 spiro atoms. The predicted molar refractivity (Wildman–Crippen MR) is 68.5 cm³/mol. The van der Waals surface area contributed by atoms with E-state index in [0.717, 1.165) is 32.5 Å². The number of benzene rings is 1. The topological polar surface area (TPSA) is 46.3 Å². The lowest BCUT2D eigenvalue weighted by molar-refractivity contribution is -0.118. The van der Waals surface area contributed by atoms with Crippen LogP contribution in [0.3, 0.4) is 0 Å². The molecule has 2 N–H and O–H groups in total. The van der Waals surface area contributed by atoms with E-state index in [1.54, 1.807) is 0 Å². The van der Waals surface area contributed by atoms with Crippen LogP contribution in [0.25, 0.3) is 0 Å². The lowest BCUT2D eigenvalue weighted by atomic mass is 10.1. The summed E-state index contributed by atoms with van der Waals surface area (Å²) in [5, 5.41) is 0. The molecule has 2 rings (SSSR count). The molecule has 1 atom stereocenters. The van der Waals surface area contributed by atoms with Crippen molar-refractivity contribution in [3.8, 4) is 0 Å². The van der Waals surface area contributed by atoms with Gasteiger partial charge in [0.2, 0.25) is 5.91 Å². The zero-order valence-corrected chi connectivity index (χ0v) is 10.1. The number of hydrogen-bond donors (Lipinski definition) is 1. The number of carbonyl (C=O) groups excluding carboxylic acids is 1. The van der Waals surface area contributed by atoms with Gasteiger partial charge in [-0.25, -0.2) is 0 Å². The lowest BCUT2D eigenvalue weighted by Crippen LogP contribution is -2.24. The molecule has 1 aromatic carbocycles. The molecule has 3 heteroatoms. The second kappa shape index (κ2) is 5.82. The fraction of sp³-hybridized carbons (Fsp3) is 0.500. The van der Waals surface area contributed by atoms with E-state index >= 15 is 0 Å². The van der Waals surface area contributed by atoms with Gasteiger partial charge in [-0.15, -0.1) is 0 Å². The Balaban J connectivity index is 1.73. The Bertz CT molecular complexity index is 364. The number of hydrogen-bond acceptors (Lipinski definition) is 2. The van der Waals surface area contributed by atoms with Gasteiger partial charge in [-0.2, -0.15) is 0 Å². The van der Waals surface area contributed by atoms with E-state index in [-0.39, 0.29) is 5.91 Å². The van der Waals surface area contributed by atoms with Gasteiger partial charge >= 0.3 is 0 Å². The van der Waals surface area contributed by atoms with Gasteiger partial charge in [-0.3, -0.25) is 4.79 Å². The summed E-state index contributed by atoms with van der Waals surface area (Å²) in [6.45, 7) is 3.21. The summed E-state index contributed by atoms with van der Waals surface area (Å²) < 4.78 is 0. The van der Waals surface area contributed by atoms with E-state index in [1.165, 1.54) is 5.56 Å². The lowest BCUT2D eigenvalue weighted by Gasteiger charge is -2.15. The number of carbonyl (C=O) groups is 1. The van der Waals surface area contributed by atoms with Gasteiger partial charge in [0.05, 0.1) is 0 Å². The first-order valence-corrected chi connectivity index (χ1v) is 6.28. The van der Waals surface area contributed by atoms with Crippen LogP contribution in [-0.2, 0) is 11.2 Å². The minimum Gasteiger partial charge on any atom is -0.370 e. The van der Waals surface area contributed by atoms with Crippen molar-refractivity contribution < 1.29 is 4.79 Å². The molecule has 1 aliphatic heterocycles. The van der Waals surface area contributed by atoms with Gasteiger partial charge in [0.25, 0.3) is 0 Å². The Hall–Kier alpha value is -1.35. The van der Waals surface area contributed by atoms with Gasteiger partial charge in [0, 0.05) is 19.5 Å². The summed E-state index contributed by atoms with van der Waals surface area (Å²) in [5.74, 6) is 0.309. The molecule has 0 bridgehead atoms. The minimum atomic E-state index is -0.167. The molecule has 0 saturated carbocycles. The Kier molecular flexibility index (Phi) is 4.15. The third-order valence-corrected chi connectivity index (χ3v) is 3.42. The smallest absolute Gasteiger partial charge is 0.217 e. The molecule has 1 unspecified atom stereocenters. The van der Waals surface area contributed by atoms with E-state index in [9.17, 15) is 4.79 Å². The first kappa shape index (κ1) is 12.1. The van der Waals surface area contributed by atoms with Gasteiger partial charge in [-0.1, -0.05) is 30.3 Å². The fourth-order valence-corrected chi connectivity index (χ4v) is 2.50. The first-order chi connectivity index (χ1) is 8.24. The number of rotatable bonds is 5. The van der Waals surface area contributed by atoms with Crippen molar-refractivity contribution in [1.29, 1.82) is 0 Å². The van der Waals surface area contributed by atoms with Crippen molar-refractivity contribution >= 4 is 5.91 Å². The van der Waals surface area contributed by atoms with Crippen molar-refractivity contribution in [1.82, 2.24) is 4.90 Å². The number of primary amides is 1. The highest BCUT2D eigenvalue weighted by Crippen LogP contribution is 2.19. The van der Waals surface area contributed by atoms with Crippen LogP contribution < -0.4 is 5.73 Å².